The van der Waals surface area contributed by atoms with Gasteiger partial charge in [0.25, 0.3) is 0 Å². The van der Waals surface area contributed by atoms with Crippen LogP contribution in [0.2, 0.25) is 0 Å². The Hall–Kier alpha value is -0.240. The largest absolute Gasteiger partial charge is 0.382 e. The van der Waals surface area contributed by atoms with E-state index in [-0.39, 0.29) is 6.10 Å². The zero-order valence-corrected chi connectivity index (χ0v) is 13.9. The summed E-state index contributed by atoms with van der Waals surface area (Å²) in [6, 6.07) is 0. The minimum atomic E-state index is 0.0889. The Bertz CT molecular complexity index is 195. The Morgan fingerprint density at radius 2 is 1.48 bits per heavy atom. The molecule has 0 heterocycles. The van der Waals surface area contributed by atoms with Crippen molar-refractivity contribution in [2.45, 2.75) is 25.9 Å². The molecule has 0 rings (SSSR count). The Morgan fingerprint density at radius 1 is 0.857 bits per heavy atom. The molecule has 128 valence electrons. The van der Waals surface area contributed by atoms with Crippen LogP contribution in [0.5, 0.6) is 0 Å². The second-order valence-corrected chi connectivity index (χ2v) is 4.71. The normalized spacial score (nSPS) is 12.7. The van der Waals surface area contributed by atoms with E-state index in [2.05, 4.69) is 12.2 Å². The van der Waals surface area contributed by atoms with Crippen LogP contribution < -0.4 is 5.32 Å². The maximum absolute atomic E-state index is 5.45. The van der Waals surface area contributed by atoms with Gasteiger partial charge in [0.1, 0.15) is 0 Å². The van der Waals surface area contributed by atoms with Gasteiger partial charge in [-0.15, -0.1) is 0 Å². The third-order valence-corrected chi connectivity index (χ3v) is 2.87. The Balaban J connectivity index is 3.08. The van der Waals surface area contributed by atoms with Gasteiger partial charge in [-0.05, 0) is 6.42 Å². The van der Waals surface area contributed by atoms with Crippen molar-refractivity contribution in [1.29, 1.82) is 0 Å². The zero-order chi connectivity index (χ0) is 15.6. The maximum atomic E-state index is 5.45. The highest BCUT2D eigenvalue weighted by Crippen LogP contribution is 1.89. The summed E-state index contributed by atoms with van der Waals surface area (Å²) >= 11 is 0. The van der Waals surface area contributed by atoms with Crippen molar-refractivity contribution in [3.63, 3.8) is 0 Å². The average Bonchev–Trinajstić information content (AvgIpc) is 2.50. The van der Waals surface area contributed by atoms with Gasteiger partial charge < -0.3 is 29.0 Å². The molecule has 0 radical (unpaired) electrons. The number of ether oxygens (including phenoxy) is 5. The molecule has 6 heteroatoms. The average molecular weight is 307 g/mol. The first-order valence-electron chi connectivity index (χ1n) is 7.80. The molecule has 0 aliphatic rings. The number of hydrogen-bond acceptors (Lipinski definition) is 6. The first-order chi connectivity index (χ1) is 10.3. The summed E-state index contributed by atoms with van der Waals surface area (Å²) in [7, 11) is 3.36. The highest BCUT2D eigenvalue weighted by Gasteiger charge is 2.04. The smallest absolute Gasteiger partial charge is 0.0928 e. The van der Waals surface area contributed by atoms with Gasteiger partial charge in [0.05, 0.1) is 45.7 Å². The van der Waals surface area contributed by atoms with Crippen molar-refractivity contribution >= 4 is 0 Å². The van der Waals surface area contributed by atoms with Gasteiger partial charge >= 0.3 is 0 Å². The third-order valence-electron chi connectivity index (χ3n) is 2.87. The van der Waals surface area contributed by atoms with Crippen LogP contribution in [0.1, 0.15) is 19.8 Å². The molecule has 0 saturated carbocycles. The van der Waals surface area contributed by atoms with Crippen LogP contribution in [-0.4, -0.2) is 79.7 Å². The standard InChI is InChI=1S/C15H33NO5/c1-4-5-7-19-9-11-21-12-10-20-8-6-16-13-15(18-3)14-17-2/h15-16H,4-14H2,1-3H3. The predicted octanol–water partition coefficient (Wildman–Crippen LogP) is 1.09. The lowest BCUT2D eigenvalue weighted by molar-refractivity contribution is 0.0120. The van der Waals surface area contributed by atoms with E-state index in [1.807, 2.05) is 0 Å². The van der Waals surface area contributed by atoms with Gasteiger partial charge in [0.2, 0.25) is 0 Å². The van der Waals surface area contributed by atoms with E-state index in [0.717, 1.165) is 26.1 Å². The van der Waals surface area contributed by atoms with E-state index in [1.165, 1.54) is 6.42 Å². The maximum Gasteiger partial charge on any atom is 0.0928 e. The number of unbranched alkanes of at least 4 members (excludes halogenated alkanes) is 1. The molecule has 1 unspecified atom stereocenters. The van der Waals surface area contributed by atoms with E-state index in [9.17, 15) is 0 Å². The van der Waals surface area contributed by atoms with Crippen molar-refractivity contribution in [2.75, 3.05) is 73.6 Å². The third kappa shape index (κ3) is 16.0. The highest BCUT2D eigenvalue weighted by atomic mass is 16.5. The lowest BCUT2D eigenvalue weighted by Crippen LogP contribution is -2.33. The molecule has 0 saturated heterocycles. The minimum absolute atomic E-state index is 0.0889. The second kappa shape index (κ2) is 17.8. The van der Waals surface area contributed by atoms with Crippen LogP contribution >= 0.6 is 0 Å². The molecule has 21 heavy (non-hydrogen) atoms. The Labute approximate surface area is 129 Å². The van der Waals surface area contributed by atoms with E-state index in [4.69, 9.17) is 23.7 Å². The van der Waals surface area contributed by atoms with Gasteiger partial charge in [-0.3, -0.25) is 0 Å². The summed E-state index contributed by atoms with van der Waals surface area (Å²) in [4.78, 5) is 0. The number of methoxy groups -OCH3 is 2. The van der Waals surface area contributed by atoms with Crippen LogP contribution in [-0.2, 0) is 23.7 Å². The van der Waals surface area contributed by atoms with Gasteiger partial charge in [0.15, 0.2) is 0 Å². The summed E-state index contributed by atoms with van der Waals surface area (Å²) in [5.41, 5.74) is 0. The Morgan fingerprint density at radius 3 is 2.05 bits per heavy atom. The van der Waals surface area contributed by atoms with Gasteiger partial charge in [0, 0.05) is 33.9 Å². The number of hydrogen-bond donors (Lipinski definition) is 1. The van der Waals surface area contributed by atoms with Crippen LogP contribution in [0.25, 0.3) is 0 Å². The lowest BCUT2D eigenvalue weighted by atomic mass is 10.4. The molecular weight excluding hydrogens is 274 g/mol. The molecule has 0 fully saturated rings. The predicted molar refractivity (Wildman–Crippen MR) is 82.9 cm³/mol. The summed E-state index contributed by atoms with van der Waals surface area (Å²) in [6.07, 6.45) is 2.37. The van der Waals surface area contributed by atoms with E-state index < -0.39 is 0 Å². The lowest BCUT2D eigenvalue weighted by Gasteiger charge is -2.15. The summed E-state index contributed by atoms with van der Waals surface area (Å²) in [5, 5.41) is 3.26. The Kier molecular flexibility index (Phi) is 17.6. The highest BCUT2D eigenvalue weighted by molar-refractivity contribution is 4.59. The fraction of sp³-hybridized carbons (Fsp3) is 1.00. The quantitative estimate of drug-likeness (QED) is 0.406. The fourth-order valence-corrected chi connectivity index (χ4v) is 1.59. The van der Waals surface area contributed by atoms with Crippen LogP contribution in [0, 0.1) is 0 Å². The first kappa shape index (κ1) is 20.8. The zero-order valence-electron chi connectivity index (χ0n) is 13.9. The SMILES string of the molecule is CCCCOCCOCCOCCNCC(COC)OC. The van der Waals surface area contributed by atoms with E-state index in [0.29, 0.717) is 39.6 Å². The summed E-state index contributed by atoms with van der Waals surface area (Å²) < 4.78 is 26.5. The number of rotatable bonds is 17. The molecule has 6 nitrogen and oxygen atoms in total. The first-order valence-corrected chi connectivity index (χ1v) is 7.80. The van der Waals surface area contributed by atoms with Crippen molar-refractivity contribution in [2.24, 2.45) is 0 Å². The van der Waals surface area contributed by atoms with Crippen LogP contribution in [0.3, 0.4) is 0 Å². The monoisotopic (exact) mass is 307 g/mol. The van der Waals surface area contributed by atoms with Crippen LogP contribution in [0.15, 0.2) is 0 Å². The number of nitrogens with one attached hydrogen (secondary N) is 1. The molecule has 0 aromatic carbocycles. The van der Waals surface area contributed by atoms with Gasteiger partial charge in [-0.25, -0.2) is 0 Å². The fourth-order valence-electron chi connectivity index (χ4n) is 1.59. The molecule has 0 aliphatic heterocycles. The van der Waals surface area contributed by atoms with Crippen molar-refractivity contribution < 1.29 is 23.7 Å². The molecule has 1 atom stereocenters. The summed E-state index contributed by atoms with van der Waals surface area (Å²) in [6.45, 7) is 8.33. The van der Waals surface area contributed by atoms with E-state index >= 15 is 0 Å². The minimum Gasteiger partial charge on any atom is -0.382 e. The van der Waals surface area contributed by atoms with Crippen LogP contribution in [0.4, 0.5) is 0 Å². The van der Waals surface area contributed by atoms with E-state index in [1.54, 1.807) is 14.2 Å². The van der Waals surface area contributed by atoms with Gasteiger partial charge in [-0.1, -0.05) is 13.3 Å². The molecule has 0 aliphatic carbocycles. The molecule has 1 N–H and O–H groups in total. The molecular formula is C15H33NO5. The second-order valence-electron chi connectivity index (χ2n) is 4.71. The molecule has 0 spiro atoms. The van der Waals surface area contributed by atoms with Crippen molar-refractivity contribution in [3.05, 3.63) is 0 Å². The topological polar surface area (TPSA) is 58.2 Å². The molecule has 0 bridgehead atoms. The van der Waals surface area contributed by atoms with Crippen molar-refractivity contribution in [3.8, 4) is 0 Å². The van der Waals surface area contributed by atoms with Gasteiger partial charge in [-0.2, -0.15) is 0 Å². The summed E-state index contributed by atoms with van der Waals surface area (Å²) in [5.74, 6) is 0. The molecule has 0 aromatic rings. The molecule has 0 aromatic heterocycles. The molecule has 0 amide bonds. The van der Waals surface area contributed by atoms with Crippen molar-refractivity contribution in [1.82, 2.24) is 5.32 Å².